The summed E-state index contributed by atoms with van der Waals surface area (Å²) in [7, 11) is 0. The van der Waals surface area contributed by atoms with Crippen LogP contribution >= 0.6 is 11.3 Å². The molecule has 0 radical (unpaired) electrons. The number of thiazole rings is 1. The van der Waals surface area contributed by atoms with Gasteiger partial charge in [-0.15, -0.1) is 11.3 Å². The number of hydrogen-bond donors (Lipinski definition) is 1. The zero-order valence-corrected chi connectivity index (χ0v) is 12.7. The number of carbonyl (C=O) groups excluding carboxylic acids is 1. The summed E-state index contributed by atoms with van der Waals surface area (Å²) in [5.41, 5.74) is 1.55. The number of nitrogens with zero attached hydrogens (tertiary/aromatic N) is 2. The fourth-order valence-electron chi connectivity index (χ4n) is 2.52. The van der Waals surface area contributed by atoms with E-state index in [0.29, 0.717) is 10.7 Å². The molecule has 0 aliphatic carbocycles. The lowest BCUT2D eigenvalue weighted by atomic mass is 10.2. The summed E-state index contributed by atoms with van der Waals surface area (Å²) in [6, 6.07) is 1.64. The van der Waals surface area contributed by atoms with Gasteiger partial charge in [0.1, 0.15) is 6.26 Å². The van der Waals surface area contributed by atoms with Gasteiger partial charge in [-0.25, -0.2) is 4.98 Å². The number of rotatable bonds is 4. The Bertz CT molecular complexity index is 572. The lowest BCUT2D eigenvalue weighted by Crippen LogP contribution is -2.24. The number of anilines is 1. The Morgan fingerprint density at radius 3 is 2.86 bits per heavy atom. The highest BCUT2D eigenvalue weighted by Crippen LogP contribution is 2.19. The monoisotopic (exact) mass is 305 g/mol. The summed E-state index contributed by atoms with van der Waals surface area (Å²) in [6.45, 7) is 3.17. The third-order valence-electron chi connectivity index (χ3n) is 3.64. The molecular weight excluding hydrogens is 286 g/mol. The highest BCUT2D eigenvalue weighted by molar-refractivity contribution is 7.13. The fraction of sp³-hybridized carbons (Fsp3) is 0.467. The second-order valence-electron chi connectivity index (χ2n) is 5.30. The van der Waals surface area contributed by atoms with Crippen LogP contribution in [0.15, 0.2) is 28.4 Å². The Kier molecular flexibility index (Phi) is 4.67. The molecule has 5 nitrogen and oxygen atoms in total. The maximum absolute atomic E-state index is 11.9. The van der Waals surface area contributed by atoms with Crippen LogP contribution in [-0.4, -0.2) is 28.9 Å². The first-order chi connectivity index (χ1) is 10.3. The molecule has 1 aliphatic heterocycles. The van der Waals surface area contributed by atoms with E-state index in [-0.39, 0.29) is 5.91 Å². The normalized spacial score (nSPS) is 16.6. The molecule has 0 unspecified atom stereocenters. The van der Waals surface area contributed by atoms with Crippen LogP contribution < -0.4 is 5.32 Å². The van der Waals surface area contributed by atoms with Crippen molar-refractivity contribution in [2.45, 2.75) is 32.2 Å². The first kappa shape index (κ1) is 14.3. The summed E-state index contributed by atoms with van der Waals surface area (Å²) in [5, 5.41) is 5.47. The van der Waals surface area contributed by atoms with Gasteiger partial charge in [-0.3, -0.25) is 15.0 Å². The van der Waals surface area contributed by atoms with Crippen molar-refractivity contribution in [2.24, 2.45) is 0 Å². The summed E-state index contributed by atoms with van der Waals surface area (Å²) in [5.74, 6) is -0.181. The van der Waals surface area contributed by atoms with Crippen molar-refractivity contribution in [3.63, 3.8) is 0 Å². The van der Waals surface area contributed by atoms with Gasteiger partial charge in [0, 0.05) is 11.9 Å². The number of furan rings is 1. The third-order valence-corrected chi connectivity index (χ3v) is 4.45. The second-order valence-corrected chi connectivity index (χ2v) is 6.16. The van der Waals surface area contributed by atoms with Crippen LogP contribution in [0.3, 0.4) is 0 Å². The van der Waals surface area contributed by atoms with Crippen molar-refractivity contribution in [2.75, 3.05) is 18.4 Å². The Hall–Kier alpha value is -1.66. The lowest BCUT2D eigenvalue weighted by molar-refractivity contribution is 0.102. The molecular formula is C15H19N3O2S. The predicted octanol–water partition coefficient (Wildman–Crippen LogP) is 3.36. The number of aromatic nitrogens is 1. The van der Waals surface area contributed by atoms with Gasteiger partial charge in [0.25, 0.3) is 5.91 Å². The highest BCUT2D eigenvalue weighted by Gasteiger charge is 2.13. The van der Waals surface area contributed by atoms with Gasteiger partial charge < -0.3 is 4.42 Å². The van der Waals surface area contributed by atoms with Crippen molar-refractivity contribution in [3.05, 3.63) is 35.2 Å². The molecule has 2 aromatic heterocycles. The van der Waals surface area contributed by atoms with Gasteiger partial charge in [-0.05, 0) is 32.0 Å². The zero-order valence-electron chi connectivity index (χ0n) is 11.9. The summed E-state index contributed by atoms with van der Waals surface area (Å²) in [4.78, 5) is 18.9. The number of hydrogen-bond acceptors (Lipinski definition) is 5. The van der Waals surface area contributed by atoms with Crippen LogP contribution in [-0.2, 0) is 6.54 Å². The molecule has 1 saturated heterocycles. The molecule has 1 fully saturated rings. The van der Waals surface area contributed by atoms with E-state index in [1.54, 1.807) is 6.07 Å². The molecule has 1 amide bonds. The molecule has 112 valence electrons. The molecule has 0 bridgehead atoms. The van der Waals surface area contributed by atoms with E-state index < -0.39 is 0 Å². The van der Waals surface area contributed by atoms with Crippen LogP contribution in [0.5, 0.6) is 0 Å². The Morgan fingerprint density at radius 2 is 2.14 bits per heavy atom. The molecule has 3 rings (SSSR count). The zero-order chi connectivity index (χ0) is 14.5. The number of nitrogens with one attached hydrogen (secondary N) is 1. The van der Waals surface area contributed by atoms with Gasteiger partial charge in [0.05, 0.1) is 17.5 Å². The average Bonchev–Trinajstić information content (AvgIpc) is 3.08. The minimum Gasteiger partial charge on any atom is -0.472 e. The number of carbonyl (C=O) groups is 1. The average molecular weight is 305 g/mol. The minimum absolute atomic E-state index is 0.181. The first-order valence-electron chi connectivity index (χ1n) is 7.31. The van der Waals surface area contributed by atoms with E-state index in [1.807, 2.05) is 5.38 Å². The van der Waals surface area contributed by atoms with Gasteiger partial charge >= 0.3 is 0 Å². The SMILES string of the molecule is O=C(Nc1nc(CN2CCCCCC2)cs1)c1ccoc1. The second kappa shape index (κ2) is 6.87. The van der Waals surface area contributed by atoms with Gasteiger partial charge in [-0.1, -0.05) is 12.8 Å². The number of amides is 1. The molecule has 1 aliphatic rings. The smallest absolute Gasteiger partial charge is 0.260 e. The van der Waals surface area contributed by atoms with E-state index in [4.69, 9.17) is 4.42 Å². The van der Waals surface area contributed by atoms with E-state index in [1.165, 1.54) is 49.5 Å². The van der Waals surface area contributed by atoms with Crippen LogP contribution in [0, 0.1) is 0 Å². The molecule has 2 aromatic rings. The third kappa shape index (κ3) is 3.92. The van der Waals surface area contributed by atoms with Crippen LogP contribution in [0.2, 0.25) is 0 Å². The Morgan fingerprint density at radius 1 is 1.33 bits per heavy atom. The van der Waals surface area contributed by atoms with E-state index >= 15 is 0 Å². The summed E-state index contributed by atoms with van der Waals surface area (Å²) >= 11 is 1.47. The van der Waals surface area contributed by atoms with Crippen LogP contribution in [0.25, 0.3) is 0 Å². The van der Waals surface area contributed by atoms with Crippen LogP contribution in [0.1, 0.15) is 41.7 Å². The first-order valence-corrected chi connectivity index (χ1v) is 8.19. The molecule has 0 spiro atoms. The minimum atomic E-state index is -0.181. The van der Waals surface area contributed by atoms with E-state index in [2.05, 4.69) is 15.2 Å². The Balaban J connectivity index is 1.57. The maximum atomic E-state index is 11.9. The number of likely N-dealkylation sites (tertiary alicyclic amines) is 1. The predicted molar refractivity (Wildman–Crippen MR) is 82.5 cm³/mol. The van der Waals surface area contributed by atoms with Crippen molar-refractivity contribution in [3.8, 4) is 0 Å². The van der Waals surface area contributed by atoms with Crippen molar-refractivity contribution in [1.82, 2.24) is 9.88 Å². The molecule has 1 N–H and O–H groups in total. The largest absolute Gasteiger partial charge is 0.472 e. The van der Waals surface area contributed by atoms with Crippen LogP contribution in [0.4, 0.5) is 5.13 Å². The molecule has 0 saturated carbocycles. The standard InChI is InChI=1S/C15H19N3O2S/c19-14(12-5-8-20-10-12)17-15-16-13(11-21-15)9-18-6-3-1-2-4-7-18/h5,8,10-11H,1-4,6-7,9H2,(H,16,17,19). The van der Waals surface area contributed by atoms with E-state index in [9.17, 15) is 4.79 Å². The summed E-state index contributed by atoms with van der Waals surface area (Å²) in [6.07, 6.45) is 8.13. The van der Waals surface area contributed by atoms with Crippen molar-refractivity contribution >= 4 is 22.4 Å². The Labute approximate surface area is 128 Å². The maximum Gasteiger partial charge on any atom is 0.260 e. The van der Waals surface area contributed by atoms with Gasteiger partial charge in [0.2, 0.25) is 0 Å². The van der Waals surface area contributed by atoms with Gasteiger partial charge in [-0.2, -0.15) is 0 Å². The highest BCUT2D eigenvalue weighted by atomic mass is 32.1. The quantitative estimate of drug-likeness (QED) is 0.941. The molecule has 0 aromatic carbocycles. The lowest BCUT2D eigenvalue weighted by Gasteiger charge is -2.17. The topological polar surface area (TPSA) is 58.4 Å². The van der Waals surface area contributed by atoms with Gasteiger partial charge in [0.15, 0.2) is 5.13 Å². The fourth-order valence-corrected chi connectivity index (χ4v) is 3.22. The molecule has 0 atom stereocenters. The molecule has 6 heteroatoms. The van der Waals surface area contributed by atoms with Crippen molar-refractivity contribution < 1.29 is 9.21 Å². The molecule has 3 heterocycles. The van der Waals surface area contributed by atoms with Crippen molar-refractivity contribution in [1.29, 1.82) is 0 Å². The molecule has 21 heavy (non-hydrogen) atoms. The van der Waals surface area contributed by atoms with E-state index in [0.717, 1.165) is 25.3 Å². The summed E-state index contributed by atoms with van der Waals surface area (Å²) < 4.78 is 4.91.